The molecule has 1 N–H and O–H groups in total. The summed E-state index contributed by atoms with van der Waals surface area (Å²) in [5, 5.41) is 2.41. The van der Waals surface area contributed by atoms with Crippen molar-refractivity contribution in [2.24, 2.45) is 0 Å². The van der Waals surface area contributed by atoms with E-state index in [9.17, 15) is 21.6 Å². The van der Waals surface area contributed by atoms with Gasteiger partial charge in [-0.1, -0.05) is 0 Å². The first-order valence-electron chi connectivity index (χ1n) is 6.11. The van der Waals surface area contributed by atoms with E-state index in [4.69, 9.17) is 17.8 Å². The van der Waals surface area contributed by atoms with E-state index >= 15 is 0 Å². The lowest BCUT2D eigenvalue weighted by molar-refractivity contribution is -0.223. The van der Waals surface area contributed by atoms with Crippen LogP contribution >= 0.6 is 0 Å². The molecule has 0 aromatic heterocycles. The molecule has 4 atom stereocenters. The Hall–Kier alpha value is -0.790. The minimum Gasteiger partial charge on any atom is -0.353 e. The molecule has 1 rings (SSSR count). The highest BCUT2D eigenvalue weighted by molar-refractivity contribution is 7.86. The van der Waals surface area contributed by atoms with E-state index in [1.165, 1.54) is 14.0 Å². The minimum absolute atomic E-state index is 0.236. The normalized spacial score (nSPS) is 30.0. The second-order valence-electron chi connectivity index (χ2n) is 4.77. The summed E-state index contributed by atoms with van der Waals surface area (Å²) in [7, 11) is -6.52. The number of carbonyl (C=O) groups is 1. The van der Waals surface area contributed by atoms with E-state index in [1.54, 1.807) is 0 Å². The van der Waals surface area contributed by atoms with Crippen molar-refractivity contribution in [3.05, 3.63) is 0 Å². The van der Waals surface area contributed by atoms with Crippen LogP contribution in [0.25, 0.3) is 0 Å². The molecule has 22 heavy (non-hydrogen) atoms. The quantitative estimate of drug-likeness (QED) is 0.543. The Balaban J connectivity index is 3.13. The van der Waals surface area contributed by atoms with Crippen LogP contribution in [0.4, 0.5) is 0 Å². The zero-order valence-corrected chi connectivity index (χ0v) is 14.1. The van der Waals surface area contributed by atoms with Crippen LogP contribution in [0, 0.1) is 0 Å². The number of methoxy groups -OCH3 is 1. The molecule has 1 aliphatic heterocycles. The molecule has 0 aliphatic carbocycles. The highest BCUT2D eigenvalue weighted by Gasteiger charge is 2.46. The van der Waals surface area contributed by atoms with Crippen molar-refractivity contribution < 1.29 is 39.5 Å². The number of rotatable bonds is 6. The summed E-state index contributed by atoms with van der Waals surface area (Å²) < 4.78 is 65.2. The Bertz CT molecular complexity index is 600. The summed E-state index contributed by atoms with van der Waals surface area (Å²) in [6, 6.07) is -1.10. The molecule has 0 unspecified atom stereocenters. The third-order valence-corrected chi connectivity index (χ3v) is 3.80. The summed E-state index contributed by atoms with van der Waals surface area (Å²) >= 11 is 0. The van der Waals surface area contributed by atoms with Crippen LogP contribution in [0.3, 0.4) is 0 Å². The van der Waals surface area contributed by atoms with E-state index in [0.717, 1.165) is 12.5 Å². The molecule has 0 saturated carbocycles. The fourth-order valence-corrected chi connectivity index (χ4v) is 3.24. The molecule has 0 aromatic rings. The van der Waals surface area contributed by atoms with Gasteiger partial charge in [-0.2, -0.15) is 16.8 Å². The van der Waals surface area contributed by atoms with Gasteiger partial charge < -0.3 is 14.8 Å². The predicted molar refractivity (Wildman–Crippen MR) is 73.8 cm³/mol. The van der Waals surface area contributed by atoms with Gasteiger partial charge in [0.05, 0.1) is 25.2 Å². The average molecular weight is 361 g/mol. The molecule has 0 aromatic carbocycles. The second-order valence-corrected chi connectivity index (χ2v) is 7.97. The van der Waals surface area contributed by atoms with E-state index in [2.05, 4.69) is 5.32 Å². The van der Waals surface area contributed by atoms with E-state index < -0.39 is 50.7 Å². The molecule has 12 heteroatoms. The Morgan fingerprint density at radius 3 is 2.09 bits per heavy atom. The summed E-state index contributed by atoms with van der Waals surface area (Å²) in [4.78, 5) is 11.3. The van der Waals surface area contributed by atoms with Crippen molar-refractivity contribution in [3.8, 4) is 0 Å². The van der Waals surface area contributed by atoms with E-state index in [0.29, 0.717) is 0 Å². The van der Waals surface area contributed by atoms with Gasteiger partial charge in [0.15, 0.2) is 12.4 Å². The number of ether oxygens (including phenoxy) is 2. The van der Waals surface area contributed by atoms with Crippen molar-refractivity contribution in [1.82, 2.24) is 5.32 Å². The molecule has 0 radical (unpaired) electrons. The van der Waals surface area contributed by atoms with Crippen LogP contribution < -0.4 is 5.32 Å². The number of hydrogen-bond acceptors (Lipinski definition) is 9. The molecule has 1 amide bonds. The summed E-state index contributed by atoms with van der Waals surface area (Å²) in [5.41, 5.74) is 0. The van der Waals surface area contributed by atoms with Crippen molar-refractivity contribution >= 4 is 26.1 Å². The maximum atomic E-state index is 11.4. The van der Waals surface area contributed by atoms with Gasteiger partial charge >= 0.3 is 0 Å². The standard InChI is InChI=1S/C10H19NO9S2/c1-6(12)11-8-7(19-21(3,13)14)5-18-10(17-2)9(8)20-22(4,15)16/h7-10H,5H2,1-4H3,(H,11,12)/t7-,8-,9+,10-/m0/s1. The van der Waals surface area contributed by atoms with Crippen LogP contribution in [0.15, 0.2) is 0 Å². The van der Waals surface area contributed by atoms with Gasteiger partial charge in [-0.25, -0.2) is 0 Å². The van der Waals surface area contributed by atoms with Gasteiger partial charge in [-0.3, -0.25) is 13.2 Å². The van der Waals surface area contributed by atoms with Gasteiger partial charge in [0.1, 0.15) is 6.10 Å². The fourth-order valence-electron chi connectivity index (χ4n) is 2.00. The molecule has 0 bridgehead atoms. The number of nitrogens with one attached hydrogen (secondary N) is 1. The highest BCUT2D eigenvalue weighted by atomic mass is 32.2. The maximum absolute atomic E-state index is 11.4. The zero-order chi connectivity index (χ0) is 17.1. The molecule has 1 saturated heterocycles. The number of carbonyl (C=O) groups excluding carboxylic acids is 1. The Kier molecular flexibility index (Phi) is 6.29. The molecule has 0 spiro atoms. The number of amides is 1. The smallest absolute Gasteiger partial charge is 0.264 e. The van der Waals surface area contributed by atoms with Crippen LogP contribution in [0.2, 0.25) is 0 Å². The monoisotopic (exact) mass is 361 g/mol. The Morgan fingerprint density at radius 1 is 1.14 bits per heavy atom. The van der Waals surface area contributed by atoms with Crippen LogP contribution in [-0.2, 0) is 42.9 Å². The van der Waals surface area contributed by atoms with Crippen LogP contribution in [0.5, 0.6) is 0 Å². The summed E-state index contributed by atoms with van der Waals surface area (Å²) in [6.07, 6.45) is -1.94. The van der Waals surface area contributed by atoms with Gasteiger partial charge in [-0.05, 0) is 0 Å². The lowest BCUT2D eigenvalue weighted by Crippen LogP contribution is -2.62. The minimum atomic E-state index is -3.92. The summed E-state index contributed by atoms with van der Waals surface area (Å²) in [5.74, 6) is -0.522. The third kappa shape index (κ3) is 6.14. The Labute approximate surface area is 129 Å². The number of hydrogen-bond donors (Lipinski definition) is 1. The Morgan fingerprint density at radius 2 is 1.68 bits per heavy atom. The largest absolute Gasteiger partial charge is 0.353 e. The summed E-state index contributed by atoms with van der Waals surface area (Å²) in [6.45, 7) is 0.951. The van der Waals surface area contributed by atoms with Crippen LogP contribution in [0.1, 0.15) is 6.92 Å². The molecule has 10 nitrogen and oxygen atoms in total. The molecule has 1 fully saturated rings. The zero-order valence-electron chi connectivity index (χ0n) is 12.5. The van der Waals surface area contributed by atoms with E-state index in [1.807, 2.05) is 0 Å². The predicted octanol–water partition coefficient (Wildman–Crippen LogP) is -1.82. The van der Waals surface area contributed by atoms with Gasteiger partial charge in [0, 0.05) is 14.0 Å². The first-order valence-corrected chi connectivity index (χ1v) is 9.74. The maximum Gasteiger partial charge on any atom is 0.264 e. The molecule has 1 heterocycles. The van der Waals surface area contributed by atoms with Crippen molar-refractivity contribution in [3.63, 3.8) is 0 Å². The highest BCUT2D eigenvalue weighted by Crippen LogP contribution is 2.23. The van der Waals surface area contributed by atoms with Gasteiger partial charge in [0.2, 0.25) is 5.91 Å². The van der Waals surface area contributed by atoms with Crippen molar-refractivity contribution in [2.45, 2.75) is 31.5 Å². The van der Waals surface area contributed by atoms with Crippen molar-refractivity contribution in [1.29, 1.82) is 0 Å². The van der Waals surface area contributed by atoms with Gasteiger partial charge in [-0.15, -0.1) is 0 Å². The topological polar surface area (TPSA) is 134 Å². The molecular formula is C10H19NO9S2. The van der Waals surface area contributed by atoms with Gasteiger partial charge in [0.25, 0.3) is 20.2 Å². The second kappa shape index (κ2) is 7.19. The lowest BCUT2D eigenvalue weighted by atomic mass is 10.0. The average Bonchev–Trinajstić information content (AvgIpc) is 2.29. The molecular weight excluding hydrogens is 342 g/mol. The van der Waals surface area contributed by atoms with E-state index in [-0.39, 0.29) is 6.61 Å². The van der Waals surface area contributed by atoms with Crippen LogP contribution in [-0.4, -0.2) is 73.5 Å². The SMILES string of the molecule is CO[C@H]1OC[C@H](OS(C)(=O)=O)[C@H](NC(C)=O)[C@H]1OS(C)(=O)=O. The van der Waals surface area contributed by atoms with Crippen molar-refractivity contribution in [2.75, 3.05) is 26.2 Å². The molecule has 1 aliphatic rings. The molecule has 130 valence electrons. The first-order chi connectivity index (χ1) is 9.93. The first kappa shape index (κ1) is 19.3. The lowest BCUT2D eigenvalue weighted by Gasteiger charge is -2.40. The third-order valence-electron chi connectivity index (χ3n) is 2.63. The fraction of sp³-hybridized carbons (Fsp3) is 0.900.